The first-order valence-corrected chi connectivity index (χ1v) is 9.38. The molecule has 0 heterocycles. The van der Waals surface area contributed by atoms with Crippen molar-refractivity contribution in [3.8, 4) is 11.8 Å². The average molecular weight is 313 g/mol. The van der Waals surface area contributed by atoms with Gasteiger partial charge in [-0.25, -0.2) is 0 Å². The SMILES string of the molecule is CCCCCOc1ccc([C@]2(C#N)CC[C@H](CCC)CC2)cc1. The molecule has 0 bridgehead atoms. The van der Waals surface area contributed by atoms with Crippen LogP contribution in [0.3, 0.4) is 0 Å². The largest absolute Gasteiger partial charge is 0.494 e. The molecule has 0 N–H and O–H groups in total. The highest BCUT2D eigenvalue weighted by molar-refractivity contribution is 5.37. The zero-order valence-electron chi connectivity index (χ0n) is 14.8. The first kappa shape index (κ1) is 17.9. The fraction of sp³-hybridized carbons (Fsp3) is 0.667. The molecule has 0 atom stereocenters. The van der Waals surface area contributed by atoms with Crippen LogP contribution in [0.25, 0.3) is 0 Å². The summed E-state index contributed by atoms with van der Waals surface area (Å²) in [5, 5.41) is 9.80. The van der Waals surface area contributed by atoms with Crippen molar-refractivity contribution in [3.05, 3.63) is 29.8 Å². The molecular weight excluding hydrogens is 282 g/mol. The van der Waals surface area contributed by atoms with Gasteiger partial charge in [-0.05, 0) is 55.7 Å². The summed E-state index contributed by atoms with van der Waals surface area (Å²) in [6.07, 6.45) is 10.5. The Labute approximate surface area is 141 Å². The summed E-state index contributed by atoms with van der Waals surface area (Å²) in [5.41, 5.74) is 0.904. The first-order valence-electron chi connectivity index (χ1n) is 9.38. The average Bonchev–Trinajstić information content (AvgIpc) is 2.60. The van der Waals surface area contributed by atoms with Gasteiger partial charge in [-0.3, -0.25) is 0 Å². The lowest BCUT2D eigenvalue weighted by Crippen LogP contribution is -2.30. The molecule has 1 aromatic carbocycles. The van der Waals surface area contributed by atoms with Gasteiger partial charge in [0.05, 0.1) is 18.1 Å². The second-order valence-corrected chi connectivity index (χ2v) is 7.01. The Bertz CT molecular complexity index is 492. The van der Waals surface area contributed by atoms with Crippen LogP contribution in [0.4, 0.5) is 0 Å². The third kappa shape index (κ3) is 4.74. The fourth-order valence-electron chi connectivity index (χ4n) is 3.74. The normalized spacial score (nSPS) is 24.1. The van der Waals surface area contributed by atoms with Crippen molar-refractivity contribution < 1.29 is 4.74 Å². The lowest BCUT2D eigenvalue weighted by atomic mass is 9.67. The summed E-state index contributed by atoms with van der Waals surface area (Å²) in [7, 11) is 0. The quantitative estimate of drug-likeness (QED) is 0.551. The highest BCUT2D eigenvalue weighted by Crippen LogP contribution is 2.42. The summed E-state index contributed by atoms with van der Waals surface area (Å²) < 4.78 is 5.78. The number of unbranched alkanes of at least 4 members (excludes halogenated alkanes) is 2. The number of nitrogens with zero attached hydrogens (tertiary/aromatic N) is 1. The van der Waals surface area contributed by atoms with Crippen LogP contribution in [-0.4, -0.2) is 6.61 Å². The highest BCUT2D eigenvalue weighted by Gasteiger charge is 2.36. The van der Waals surface area contributed by atoms with Crippen LogP contribution >= 0.6 is 0 Å². The van der Waals surface area contributed by atoms with E-state index in [1.807, 2.05) is 12.1 Å². The maximum absolute atomic E-state index is 9.80. The number of hydrogen-bond donors (Lipinski definition) is 0. The van der Waals surface area contributed by atoms with Gasteiger partial charge in [0.15, 0.2) is 0 Å². The van der Waals surface area contributed by atoms with Gasteiger partial charge in [-0.15, -0.1) is 0 Å². The lowest BCUT2D eigenvalue weighted by molar-refractivity contribution is 0.265. The van der Waals surface area contributed by atoms with Crippen molar-refractivity contribution in [2.45, 2.75) is 77.0 Å². The summed E-state index contributed by atoms with van der Waals surface area (Å²) >= 11 is 0. The lowest BCUT2D eigenvalue weighted by Gasteiger charge is -2.35. The van der Waals surface area contributed by atoms with Crippen LogP contribution in [0, 0.1) is 17.2 Å². The van der Waals surface area contributed by atoms with Crippen molar-refractivity contribution in [1.82, 2.24) is 0 Å². The third-order valence-corrected chi connectivity index (χ3v) is 5.29. The van der Waals surface area contributed by atoms with E-state index in [1.54, 1.807) is 0 Å². The summed E-state index contributed by atoms with van der Waals surface area (Å²) in [6.45, 7) is 5.24. The molecule has 1 aliphatic carbocycles. The van der Waals surface area contributed by atoms with E-state index in [0.717, 1.165) is 37.5 Å². The maximum Gasteiger partial charge on any atom is 0.119 e. The molecule has 0 radical (unpaired) electrons. The molecule has 2 rings (SSSR count). The van der Waals surface area contributed by atoms with Gasteiger partial charge < -0.3 is 4.74 Å². The molecule has 0 aromatic heterocycles. The van der Waals surface area contributed by atoms with Crippen molar-refractivity contribution in [3.63, 3.8) is 0 Å². The third-order valence-electron chi connectivity index (χ3n) is 5.29. The molecule has 23 heavy (non-hydrogen) atoms. The topological polar surface area (TPSA) is 33.0 Å². The molecule has 1 saturated carbocycles. The number of hydrogen-bond acceptors (Lipinski definition) is 2. The second kappa shape index (κ2) is 8.96. The van der Waals surface area contributed by atoms with Crippen molar-refractivity contribution >= 4 is 0 Å². The van der Waals surface area contributed by atoms with E-state index in [1.165, 1.54) is 44.1 Å². The van der Waals surface area contributed by atoms with Gasteiger partial charge >= 0.3 is 0 Å². The number of benzene rings is 1. The molecular formula is C21H31NO. The van der Waals surface area contributed by atoms with Gasteiger partial charge in [0.25, 0.3) is 0 Å². The van der Waals surface area contributed by atoms with Crippen molar-refractivity contribution in [1.29, 1.82) is 5.26 Å². The minimum Gasteiger partial charge on any atom is -0.494 e. The molecule has 0 saturated heterocycles. The number of nitriles is 1. The maximum atomic E-state index is 9.80. The Morgan fingerprint density at radius 1 is 1.09 bits per heavy atom. The van der Waals surface area contributed by atoms with Crippen LogP contribution in [0.1, 0.15) is 77.2 Å². The van der Waals surface area contributed by atoms with E-state index in [-0.39, 0.29) is 5.41 Å². The van der Waals surface area contributed by atoms with E-state index in [9.17, 15) is 5.26 Å². The zero-order chi connectivity index (χ0) is 16.5. The van der Waals surface area contributed by atoms with E-state index in [2.05, 4.69) is 32.0 Å². The Hall–Kier alpha value is -1.49. The molecule has 2 nitrogen and oxygen atoms in total. The molecule has 1 aromatic rings. The monoisotopic (exact) mass is 313 g/mol. The highest BCUT2D eigenvalue weighted by atomic mass is 16.5. The van der Waals surface area contributed by atoms with Gasteiger partial charge in [0, 0.05) is 0 Å². The Balaban J connectivity index is 1.95. The Kier molecular flexibility index (Phi) is 6.96. The smallest absolute Gasteiger partial charge is 0.119 e. The van der Waals surface area contributed by atoms with E-state index < -0.39 is 0 Å². The Morgan fingerprint density at radius 2 is 1.78 bits per heavy atom. The molecule has 1 aliphatic rings. The van der Waals surface area contributed by atoms with Crippen molar-refractivity contribution in [2.75, 3.05) is 6.61 Å². The summed E-state index contributed by atoms with van der Waals surface area (Å²) in [4.78, 5) is 0. The van der Waals surface area contributed by atoms with E-state index in [4.69, 9.17) is 4.74 Å². The molecule has 0 spiro atoms. The van der Waals surface area contributed by atoms with Crippen LogP contribution in [-0.2, 0) is 5.41 Å². The van der Waals surface area contributed by atoms with Gasteiger partial charge in [-0.1, -0.05) is 51.7 Å². The van der Waals surface area contributed by atoms with Crippen molar-refractivity contribution in [2.24, 2.45) is 5.92 Å². The van der Waals surface area contributed by atoms with Gasteiger partial charge in [0.1, 0.15) is 5.75 Å². The standard InChI is InChI=1S/C21H31NO/c1-3-5-6-16-23-20-10-8-19(9-11-20)21(17-22)14-12-18(7-4-2)13-15-21/h8-11,18H,3-7,12-16H2,1-2H3/t18-,21+. The second-order valence-electron chi connectivity index (χ2n) is 7.01. The molecule has 0 unspecified atom stereocenters. The van der Waals surface area contributed by atoms with Crippen LogP contribution < -0.4 is 4.74 Å². The molecule has 0 amide bonds. The minimum atomic E-state index is -0.273. The molecule has 1 fully saturated rings. The number of rotatable bonds is 8. The van der Waals surface area contributed by atoms with E-state index in [0.29, 0.717) is 0 Å². The van der Waals surface area contributed by atoms with Crippen LogP contribution in [0.5, 0.6) is 5.75 Å². The van der Waals surface area contributed by atoms with Crippen LogP contribution in [0.15, 0.2) is 24.3 Å². The molecule has 2 heteroatoms. The van der Waals surface area contributed by atoms with Crippen LogP contribution in [0.2, 0.25) is 0 Å². The summed E-state index contributed by atoms with van der Waals surface area (Å²) in [5.74, 6) is 1.75. The molecule has 0 aliphatic heterocycles. The Morgan fingerprint density at radius 3 is 2.35 bits per heavy atom. The van der Waals surface area contributed by atoms with Gasteiger partial charge in [0.2, 0.25) is 0 Å². The predicted molar refractivity (Wildman–Crippen MR) is 95.6 cm³/mol. The minimum absolute atomic E-state index is 0.273. The van der Waals surface area contributed by atoms with Gasteiger partial charge in [-0.2, -0.15) is 5.26 Å². The fourth-order valence-corrected chi connectivity index (χ4v) is 3.74. The number of ether oxygens (including phenoxy) is 1. The first-order chi connectivity index (χ1) is 11.2. The summed E-state index contributed by atoms with van der Waals surface area (Å²) in [6, 6.07) is 10.9. The molecule has 126 valence electrons. The zero-order valence-corrected chi connectivity index (χ0v) is 14.8. The van der Waals surface area contributed by atoms with E-state index >= 15 is 0 Å². The predicted octanol–water partition coefficient (Wildman–Crippen LogP) is 6.01.